The van der Waals surface area contributed by atoms with E-state index in [1.807, 2.05) is 0 Å². The van der Waals surface area contributed by atoms with Gasteiger partial charge in [-0.05, 0) is 24.3 Å². The molecule has 0 aliphatic carbocycles. The molecule has 9 heteroatoms. The zero-order valence-electron chi connectivity index (χ0n) is 8.64. The first-order chi connectivity index (χ1) is 8.29. The Morgan fingerprint density at radius 3 is 2.06 bits per heavy atom. The highest BCUT2D eigenvalue weighted by Gasteiger charge is 2.38. The van der Waals surface area contributed by atoms with Crippen molar-refractivity contribution in [3.05, 3.63) is 30.1 Å². The van der Waals surface area contributed by atoms with E-state index >= 15 is 0 Å². The molecule has 0 heterocycles. The number of alkyl halides is 3. The molecule has 0 atom stereocenters. The third kappa shape index (κ3) is 4.28. The van der Waals surface area contributed by atoms with Crippen LogP contribution in [0.15, 0.2) is 24.3 Å². The lowest BCUT2D eigenvalue weighted by Crippen LogP contribution is -2.49. The Labute approximate surface area is 98.1 Å². The minimum absolute atomic E-state index is 0.148. The van der Waals surface area contributed by atoms with Gasteiger partial charge in [-0.2, -0.15) is 13.2 Å². The minimum atomic E-state index is -5.09. The van der Waals surface area contributed by atoms with Gasteiger partial charge in [0.15, 0.2) is 0 Å². The molecule has 3 N–H and O–H groups in total. The molecular weight excluding hydrogens is 258 g/mol. The highest BCUT2D eigenvalue weighted by molar-refractivity contribution is 5.91. The van der Waals surface area contributed by atoms with Gasteiger partial charge in [0.05, 0.1) is 0 Å². The summed E-state index contributed by atoms with van der Waals surface area (Å²) in [5.41, 5.74) is 2.79. The standard InChI is InChI=1S/C9H7F4N3O2/c10-5-1-3-6(4-2-5)14-8(18)16-15-7(17)9(11,12)13/h1-4H,(H,15,17)(H2,14,16,18). The molecule has 1 aromatic rings. The number of carbonyl (C=O) groups excluding carboxylic acids is 2. The van der Waals surface area contributed by atoms with Gasteiger partial charge in [0.2, 0.25) is 0 Å². The summed E-state index contributed by atoms with van der Waals surface area (Å²) in [5.74, 6) is -2.84. The number of hydrazine groups is 1. The Morgan fingerprint density at radius 2 is 1.56 bits per heavy atom. The van der Waals surface area contributed by atoms with Gasteiger partial charge in [-0.3, -0.25) is 10.2 Å². The first kappa shape index (κ1) is 13.7. The largest absolute Gasteiger partial charge is 0.472 e. The SMILES string of the molecule is O=C(NNC(=O)C(F)(F)F)Nc1ccc(F)cc1. The van der Waals surface area contributed by atoms with Crippen LogP contribution >= 0.6 is 0 Å². The number of benzene rings is 1. The molecule has 0 bridgehead atoms. The van der Waals surface area contributed by atoms with E-state index in [4.69, 9.17) is 0 Å². The Morgan fingerprint density at radius 1 is 1.00 bits per heavy atom. The summed E-state index contributed by atoms with van der Waals surface area (Å²) in [7, 11) is 0. The van der Waals surface area contributed by atoms with Crippen molar-refractivity contribution in [2.24, 2.45) is 0 Å². The zero-order valence-corrected chi connectivity index (χ0v) is 8.64. The normalized spacial score (nSPS) is 10.7. The summed E-state index contributed by atoms with van der Waals surface area (Å²) < 4.78 is 47.7. The maximum absolute atomic E-state index is 12.5. The van der Waals surface area contributed by atoms with Gasteiger partial charge in [-0.15, -0.1) is 0 Å². The van der Waals surface area contributed by atoms with Gasteiger partial charge >= 0.3 is 18.1 Å². The van der Waals surface area contributed by atoms with Crippen molar-refractivity contribution in [3.8, 4) is 0 Å². The number of amides is 3. The molecule has 18 heavy (non-hydrogen) atoms. The Balaban J connectivity index is 2.43. The summed E-state index contributed by atoms with van der Waals surface area (Å²) in [6, 6.07) is 3.38. The molecule has 0 aliphatic rings. The van der Waals surface area contributed by atoms with Gasteiger partial charge in [-0.25, -0.2) is 14.6 Å². The van der Waals surface area contributed by atoms with E-state index in [0.717, 1.165) is 17.6 Å². The average molecular weight is 265 g/mol. The Kier molecular flexibility index (Phi) is 4.08. The maximum Gasteiger partial charge on any atom is 0.472 e. The van der Waals surface area contributed by atoms with Crippen LogP contribution in [0.1, 0.15) is 0 Å². The number of urea groups is 1. The number of rotatable bonds is 1. The quantitative estimate of drug-likeness (QED) is 0.532. The predicted octanol–water partition coefficient (Wildman–Crippen LogP) is 1.54. The Hall–Kier alpha value is -2.32. The molecule has 3 amide bonds. The van der Waals surface area contributed by atoms with Crippen LogP contribution in [0.2, 0.25) is 0 Å². The lowest BCUT2D eigenvalue weighted by molar-refractivity contribution is -0.174. The van der Waals surface area contributed by atoms with E-state index < -0.39 is 23.9 Å². The fourth-order valence-corrected chi connectivity index (χ4v) is 0.880. The smallest absolute Gasteiger partial charge is 0.307 e. The molecule has 0 spiro atoms. The van der Waals surface area contributed by atoms with Crippen LogP contribution in [-0.2, 0) is 4.79 Å². The molecule has 0 unspecified atom stereocenters. The van der Waals surface area contributed by atoms with E-state index in [0.29, 0.717) is 0 Å². The van der Waals surface area contributed by atoms with Crippen LogP contribution < -0.4 is 16.2 Å². The third-order valence-corrected chi connectivity index (χ3v) is 1.65. The van der Waals surface area contributed by atoms with Gasteiger partial charge < -0.3 is 5.32 Å². The molecule has 0 saturated carbocycles. The van der Waals surface area contributed by atoms with Crippen molar-refractivity contribution in [1.82, 2.24) is 10.9 Å². The van der Waals surface area contributed by atoms with E-state index in [1.165, 1.54) is 17.6 Å². The molecule has 5 nitrogen and oxygen atoms in total. The zero-order chi connectivity index (χ0) is 13.8. The summed E-state index contributed by atoms with van der Waals surface area (Å²) in [6.07, 6.45) is -5.09. The highest BCUT2D eigenvalue weighted by Crippen LogP contribution is 2.13. The monoisotopic (exact) mass is 265 g/mol. The van der Waals surface area contributed by atoms with E-state index in [-0.39, 0.29) is 5.69 Å². The van der Waals surface area contributed by atoms with Crippen LogP contribution in [0.3, 0.4) is 0 Å². The fraction of sp³-hybridized carbons (Fsp3) is 0.111. The molecular formula is C9H7F4N3O2. The number of carbonyl (C=O) groups is 2. The van der Waals surface area contributed by atoms with E-state index in [9.17, 15) is 27.2 Å². The summed E-state index contributed by atoms with van der Waals surface area (Å²) in [4.78, 5) is 21.4. The van der Waals surface area contributed by atoms with Gasteiger partial charge in [0.25, 0.3) is 0 Å². The molecule has 1 rings (SSSR count). The number of hydrogen-bond acceptors (Lipinski definition) is 2. The van der Waals surface area contributed by atoms with Gasteiger partial charge in [-0.1, -0.05) is 0 Å². The minimum Gasteiger partial charge on any atom is -0.307 e. The van der Waals surface area contributed by atoms with Crippen LogP contribution in [0.5, 0.6) is 0 Å². The van der Waals surface area contributed by atoms with Gasteiger partial charge in [0.1, 0.15) is 5.82 Å². The fourth-order valence-electron chi connectivity index (χ4n) is 0.880. The number of halogens is 4. The van der Waals surface area contributed by atoms with Gasteiger partial charge in [0, 0.05) is 5.69 Å². The Bertz CT molecular complexity index is 444. The van der Waals surface area contributed by atoms with E-state index in [1.54, 1.807) is 0 Å². The van der Waals surface area contributed by atoms with Crippen LogP contribution in [0.4, 0.5) is 28.0 Å². The predicted molar refractivity (Wildman–Crippen MR) is 52.8 cm³/mol. The molecule has 98 valence electrons. The lowest BCUT2D eigenvalue weighted by atomic mass is 10.3. The second-order valence-electron chi connectivity index (χ2n) is 3.04. The summed E-state index contributed by atoms with van der Waals surface area (Å²) in [5, 5.41) is 2.08. The molecule has 1 aromatic carbocycles. The van der Waals surface area contributed by atoms with Crippen molar-refractivity contribution in [1.29, 1.82) is 0 Å². The lowest BCUT2D eigenvalue weighted by Gasteiger charge is -2.10. The molecule has 0 saturated heterocycles. The molecule has 0 aromatic heterocycles. The second-order valence-corrected chi connectivity index (χ2v) is 3.04. The van der Waals surface area contributed by atoms with Crippen LogP contribution in [0.25, 0.3) is 0 Å². The number of anilines is 1. The van der Waals surface area contributed by atoms with Crippen molar-refractivity contribution < 1.29 is 27.2 Å². The van der Waals surface area contributed by atoms with Crippen molar-refractivity contribution in [3.63, 3.8) is 0 Å². The first-order valence-electron chi connectivity index (χ1n) is 4.49. The first-order valence-corrected chi connectivity index (χ1v) is 4.49. The summed E-state index contributed by atoms with van der Waals surface area (Å²) >= 11 is 0. The highest BCUT2D eigenvalue weighted by atomic mass is 19.4. The van der Waals surface area contributed by atoms with Crippen molar-refractivity contribution in [2.45, 2.75) is 6.18 Å². The van der Waals surface area contributed by atoms with Crippen molar-refractivity contribution in [2.75, 3.05) is 5.32 Å². The topological polar surface area (TPSA) is 70.2 Å². The van der Waals surface area contributed by atoms with Crippen molar-refractivity contribution >= 4 is 17.6 Å². The number of hydrogen-bond donors (Lipinski definition) is 3. The summed E-state index contributed by atoms with van der Waals surface area (Å²) in [6.45, 7) is 0. The van der Waals surface area contributed by atoms with Crippen LogP contribution in [-0.4, -0.2) is 18.1 Å². The molecule has 0 fully saturated rings. The number of nitrogens with one attached hydrogen (secondary N) is 3. The second kappa shape index (κ2) is 5.34. The van der Waals surface area contributed by atoms with E-state index in [2.05, 4.69) is 5.32 Å². The third-order valence-electron chi connectivity index (χ3n) is 1.65. The van der Waals surface area contributed by atoms with Crippen LogP contribution in [0, 0.1) is 5.82 Å². The molecule has 0 aliphatic heterocycles. The maximum atomic E-state index is 12.5. The average Bonchev–Trinajstić information content (AvgIpc) is 2.28. The molecule has 0 radical (unpaired) electrons.